The molecule has 2 aromatic heterocycles. The normalized spacial score (nSPS) is 11.0. The Kier molecular flexibility index (Phi) is 5.57. The van der Waals surface area contributed by atoms with Crippen molar-refractivity contribution in [1.82, 2.24) is 4.98 Å². The molecule has 0 radical (unpaired) electrons. The van der Waals surface area contributed by atoms with Crippen molar-refractivity contribution in [1.29, 1.82) is 0 Å². The Bertz CT molecular complexity index is 862. The Hall–Kier alpha value is -2.51. The number of nitrogens with zero attached hydrogens (tertiary/aromatic N) is 2. The van der Waals surface area contributed by atoms with Gasteiger partial charge in [0.15, 0.2) is 18.1 Å². The average Bonchev–Trinajstić information content (AvgIpc) is 3.29. The van der Waals surface area contributed by atoms with Gasteiger partial charge in [-0.05, 0) is 23.6 Å². The molecule has 0 atom stereocenters. The van der Waals surface area contributed by atoms with Gasteiger partial charge in [0.05, 0.1) is 30.3 Å². The smallest absolute Gasteiger partial charge is 0.236 e. The fraction of sp³-hybridized carbons (Fsp3) is 0.176. The molecule has 0 aliphatic heterocycles. The first-order valence-electron chi connectivity index (χ1n) is 7.26. The van der Waals surface area contributed by atoms with Gasteiger partial charge in [-0.15, -0.1) is 11.3 Å². The summed E-state index contributed by atoms with van der Waals surface area (Å²) in [4.78, 5) is 10.6. The standard InChI is InChI=1S/C17H15ClN2O4S/c1-21-14-7-11(6-13(18)16(14)22-2)8-19-24-10-12-9-23-17(20-12)15-4-3-5-25-15/h3-9H,10H2,1-2H3/b19-8-. The monoisotopic (exact) mass is 378 g/mol. The highest BCUT2D eigenvalue weighted by Gasteiger charge is 2.10. The first kappa shape index (κ1) is 17.3. The molecule has 2 heterocycles. The van der Waals surface area contributed by atoms with E-state index >= 15 is 0 Å². The lowest BCUT2D eigenvalue weighted by molar-refractivity contribution is 0.129. The molecule has 130 valence electrons. The second-order valence-corrected chi connectivity index (χ2v) is 6.22. The fourth-order valence-corrected chi connectivity index (χ4v) is 3.05. The maximum Gasteiger partial charge on any atom is 0.236 e. The third-order valence-electron chi connectivity index (χ3n) is 3.23. The predicted molar refractivity (Wildman–Crippen MR) is 96.8 cm³/mol. The van der Waals surface area contributed by atoms with Crippen LogP contribution in [0.1, 0.15) is 11.3 Å². The number of methoxy groups -OCH3 is 2. The number of rotatable bonds is 7. The first-order chi connectivity index (χ1) is 12.2. The lowest BCUT2D eigenvalue weighted by Gasteiger charge is -2.09. The summed E-state index contributed by atoms with van der Waals surface area (Å²) >= 11 is 7.71. The molecule has 0 fully saturated rings. The zero-order valence-corrected chi connectivity index (χ0v) is 15.1. The number of thiophene rings is 1. The number of hydrogen-bond acceptors (Lipinski definition) is 7. The van der Waals surface area contributed by atoms with Crippen LogP contribution in [0, 0.1) is 0 Å². The molecule has 0 aliphatic carbocycles. The van der Waals surface area contributed by atoms with Gasteiger partial charge >= 0.3 is 0 Å². The van der Waals surface area contributed by atoms with Crippen LogP contribution in [0.4, 0.5) is 0 Å². The molecule has 0 saturated heterocycles. The number of benzene rings is 1. The van der Waals surface area contributed by atoms with Gasteiger partial charge in [0, 0.05) is 5.56 Å². The summed E-state index contributed by atoms with van der Waals surface area (Å²) in [6, 6.07) is 7.35. The van der Waals surface area contributed by atoms with Crippen LogP contribution in [0.15, 0.2) is 45.5 Å². The van der Waals surface area contributed by atoms with Crippen LogP contribution in [-0.4, -0.2) is 25.4 Å². The lowest BCUT2D eigenvalue weighted by Crippen LogP contribution is -1.94. The molecule has 8 heteroatoms. The maximum absolute atomic E-state index is 6.14. The van der Waals surface area contributed by atoms with E-state index in [1.807, 2.05) is 17.5 Å². The van der Waals surface area contributed by atoms with Crippen molar-refractivity contribution in [2.75, 3.05) is 14.2 Å². The second kappa shape index (κ2) is 8.04. The molecule has 0 saturated carbocycles. The summed E-state index contributed by atoms with van der Waals surface area (Å²) in [6.45, 7) is 0.201. The topological polar surface area (TPSA) is 66.1 Å². The zero-order valence-electron chi connectivity index (χ0n) is 13.6. The molecule has 25 heavy (non-hydrogen) atoms. The Labute approximate surface area is 153 Å². The van der Waals surface area contributed by atoms with E-state index in [9.17, 15) is 0 Å². The number of oxazole rings is 1. The van der Waals surface area contributed by atoms with Crippen LogP contribution in [-0.2, 0) is 11.4 Å². The third kappa shape index (κ3) is 4.12. The van der Waals surface area contributed by atoms with Crippen LogP contribution in [0.25, 0.3) is 10.8 Å². The van der Waals surface area contributed by atoms with Crippen molar-refractivity contribution in [3.05, 3.63) is 52.2 Å². The number of aromatic nitrogens is 1. The highest BCUT2D eigenvalue weighted by atomic mass is 35.5. The fourth-order valence-electron chi connectivity index (χ4n) is 2.10. The molecule has 1 aromatic carbocycles. The highest BCUT2D eigenvalue weighted by molar-refractivity contribution is 7.13. The van der Waals surface area contributed by atoms with Crippen LogP contribution in [0.5, 0.6) is 11.5 Å². The van der Waals surface area contributed by atoms with Crippen molar-refractivity contribution < 1.29 is 18.7 Å². The Morgan fingerprint density at radius 1 is 1.32 bits per heavy atom. The molecule has 3 aromatic rings. The minimum atomic E-state index is 0.201. The summed E-state index contributed by atoms with van der Waals surface area (Å²) in [5, 5.41) is 6.32. The number of oxime groups is 1. The van der Waals surface area contributed by atoms with Gasteiger partial charge in [-0.1, -0.05) is 22.8 Å². The van der Waals surface area contributed by atoms with Gasteiger partial charge in [0.1, 0.15) is 12.0 Å². The van der Waals surface area contributed by atoms with Crippen LogP contribution in [0.3, 0.4) is 0 Å². The molecular formula is C17H15ClN2O4S. The van der Waals surface area contributed by atoms with E-state index in [1.165, 1.54) is 13.3 Å². The molecule has 0 spiro atoms. The quantitative estimate of drug-likeness (QED) is 0.443. The van der Waals surface area contributed by atoms with Crippen molar-refractivity contribution in [3.63, 3.8) is 0 Å². The molecule has 0 bridgehead atoms. The minimum absolute atomic E-state index is 0.201. The predicted octanol–water partition coefficient (Wildman–Crippen LogP) is 4.62. The Balaban J connectivity index is 1.61. The van der Waals surface area contributed by atoms with Gasteiger partial charge in [-0.2, -0.15) is 0 Å². The Morgan fingerprint density at radius 3 is 2.92 bits per heavy atom. The maximum atomic E-state index is 6.14. The second-order valence-electron chi connectivity index (χ2n) is 4.87. The van der Waals surface area contributed by atoms with Crippen molar-refractivity contribution >= 4 is 29.2 Å². The largest absolute Gasteiger partial charge is 0.493 e. The van der Waals surface area contributed by atoms with Gasteiger partial charge < -0.3 is 18.7 Å². The number of hydrogen-bond donors (Lipinski definition) is 0. The van der Waals surface area contributed by atoms with Crippen molar-refractivity contribution in [2.45, 2.75) is 6.61 Å². The van der Waals surface area contributed by atoms with Crippen LogP contribution >= 0.6 is 22.9 Å². The lowest BCUT2D eigenvalue weighted by atomic mass is 10.2. The molecule has 0 amide bonds. The molecule has 6 nitrogen and oxygen atoms in total. The third-order valence-corrected chi connectivity index (χ3v) is 4.37. The summed E-state index contributed by atoms with van der Waals surface area (Å²) in [6.07, 6.45) is 3.09. The average molecular weight is 379 g/mol. The van der Waals surface area contributed by atoms with E-state index in [0.717, 1.165) is 10.4 Å². The molecule has 3 rings (SSSR count). The van der Waals surface area contributed by atoms with Crippen molar-refractivity contribution in [2.24, 2.45) is 5.16 Å². The summed E-state index contributed by atoms with van der Waals surface area (Å²) < 4.78 is 15.8. The van der Waals surface area contributed by atoms with E-state index in [2.05, 4.69) is 10.1 Å². The Morgan fingerprint density at radius 2 is 2.20 bits per heavy atom. The first-order valence-corrected chi connectivity index (χ1v) is 8.52. The van der Waals surface area contributed by atoms with E-state index in [1.54, 1.807) is 36.8 Å². The van der Waals surface area contributed by atoms with Gasteiger partial charge in [-0.3, -0.25) is 0 Å². The van der Waals surface area contributed by atoms with Gasteiger partial charge in [0.2, 0.25) is 5.89 Å². The minimum Gasteiger partial charge on any atom is -0.493 e. The van der Waals surface area contributed by atoms with E-state index in [4.69, 9.17) is 30.3 Å². The van der Waals surface area contributed by atoms with Gasteiger partial charge in [-0.25, -0.2) is 4.98 Å². The zero-order chi connectivity index (χ0) is 17.6. The van der Waals surface area contributed by atoms with E-state index < -0.39 is 0 Å². The molecule has 0 aliphatic rings. The summed E-state index contributed by atoms with van der Waals surface area (Å²) in [7, 11) is 3.07. The van der Waals surface area contributed by atoms with E-state index in [0.29, 0.717) is 28.1 Å². The highest BCUT2D eigenvalue weighted by Crippen LogP contribution is 2.35. The molecule has 0 unspecified atom stereocenters. The van der Waals surface area contributed by atoms with Crippen LogP contribution in [0.2, 0.25) is 5.02 Å². The van der Waals surface area contributed by atoms with Crippen LogP contribution < -0.4 is 9.47 Å². The van der Waals surface area contributed by atoms with Gasteiger partial charge in [0.25, 0.3) is 0 Å². The SMILES string of the molecule is COc1cc(/C=N\OCc2coc(-c3cccs3)n2)cc(Cl)c1OC. The molecular weight excluding hydrogens is 364 g/mol. The molecule has 0 N–H and O–H groups in total. The van der Waals surface area contributed by atoms with E-state index in [-0.39, 0.29) is 6.61 Å². The van der Waals surface area contributed by atoms with Crippen molar-refractivity contribution in [3.8, 4) is 22.3 Å². The summed E-state index contributed by atoms with van der Waals surface area (Å²) in [5.74, 6) is 1.57. The number of halogens is 1. The summed E-state index contributed by atoms with van der Waals surface area (Å²) in [5.41, 5.74) is 1.38. The number of ether oxygens (including phenoxy) is 2.